The van der Waals surface area contributed by atoms with Crippen molar-refractivity contribution in [2.24, 2.45) is 11.3 Å². The largest absolute Gasteiger partial charge is 0.299 e. The summed E-state index contributed by atoms with van der Waals surface area (Å²) in [6, 6.07) is 0. The van der Waals surface area contributed by atoms with E-state index in [1.54, 1.807) is 0 Å². The zero-order chi connectivity index (χ0) is 10.9. The van der Waals surface area contributed by atoms with Gasteiger partial charge in [-0.1, -0.05) is 18.9 Å². The molecule has 0 bridgehead atoms. The molecule has 0 radical (unpaired) electrons. The van der Waals surface area contributed by atoms with E-state index in [1.165, 1.54) is 0 Å². The molecule has 2 fully saturated rings. The van der Waals surface area contributed by atoms with E-state index in [-0.39, 0.29) is 17.5 Å². The van der Waals surface area contributed by atoms with E-state index in [2.05, 4.69) is 6.58 Å². The molecule has 0 saturated heterocycles. The predicted octanol–water partition coefficient (Wildman–Crippen LogP) is 2.67. The lowest BCUT2D eigenvalue weighted by Gasteiger charge is -2.38. The summed E-state index contributed by atoms with van der Waals surface area (Å²) in [5.41, 5.74) is -0.591. The minimum Gasteiger partial charge on any atom is -0.299 e. The molecule has 2 saturated carbocycles. The molecule has 0 amide bonds. The second kappa shape index (κ2) is 3.92. The van der Waals surface area contributed by atoms with Gasteiger partial charge in [-0.25, -0.2) is 0 Å². The fourth-order valence-electron chi connectivity index (χ4n) is 3.33. The van der Waals surface area contributed by atoms with Crippen molar-refractivity contribution < 1.29 is 9.59 Å². The quantitative estimate of drug-likeness (QED) is 0.514. The Balaban J connectivity index is 2.31. The maximum absolute atomic E-state index is 12.0. The zero-order valence-electron chi connectivity index (χ0n) is 9.13. The van der Waals surface area contributed by atoms with Gasteiger partial charge in [0.2, 0.25) is 0 Å². The standard InChI is InChI=1S/C13H18O2/c1-2-5-10-6-3-4-9-13(10)11(14)7-8-12(13)15/h2,10H,1,3-9H2. The highest BCUT2D eigenvalue weighted by Crippen LogP contribution is 2.49. The third kappa shape index (κ3) is 1.47. The van der Waals surface area contributed by atoms with Gasteiger partial charge in [0.15, 0.2) is 0 Å². The Morgan fingerprint density at radius 2 is 1.93 bits per heavy atom. The van der Waals surface area contributed by atoms with Crippen LogP contribution in [0.25, 0.3) is 0 Å². The summed E-state index contributed by atoms with van der Waals surface area (Å²) in [6.45, 7) is 3.74. The van der Waals surface area contributed by atoms with E-state index < -0.39 is 5.41 Å². The van der Waals surface area contributed by atoms with Gasteiger partial charge in [-0.2, -0.15) is 0 Å². The SMILES string of the molecule is C=CCC1CCCCC12C(=O)CCC2=O. The van der Waals surface area contributed by atoms with Crippen LogP contribution in [0.2, 0.25) is 0 Å². The van der Waals surface area contributed by atoms with Crippen LogP contribution >= 0.6 is 0 Å². The minimum absolute atomic E-state index is 0.207. The first kappa shape index (κ1) is 10.6. The van der Waals surface area contributed by atoms with Gasteiger partial charge in [-0.3, -0.25) is 9.59 Å². The second-order valence-electron chi connectivity index (χ2n) is 4.78. The van der Waals surface area contributed by atoms with Gasteiger partial charge in [-0.15, -0.1) is 6.58 Å². The zero-order valence-corrected chi connectivity index (χ0v) is 9.13. The van der Waals surface area contributed by atoms with Crippen LogP contribution in [-0.2, 0) is 9.59 Å². The molecule has 1 atom stereocenters. The van der Waals surface area contributed by atoms with Crippen LogP contribution < -0.4 is 0 Å². The van der Waals surface area contributed by atoms with E-state index in [4.69, 9.17) is 0 Å². The predicted molar refractivity (Wildman–Crippen MR) is 58.5 cm³/mol. The third-order valence-corrected chi connectivity index (χ3v) is 4.10. The fourth-order valence-corrected chi connectivity index (χ4v) is 3.33. The Kier molecular flexibility index (Phi) is 2.76. The van der Waals surface area contributed by atoms with Crippen molar-refractivity contribution in [2.45, 2.75) is 44.9 Å². The van der Waals surface area contributed by atoms with Crippen molar-refractivity contribution in [3.05, 3.63) is 12.7 Å². The lowest BCUT2D eigenvalue weighted by atomic mass is 9.63. The van der Waals surface area contributed by atoms with Gasteiger partial charge < -0.3 is 0 Å². The summed E-state index contributed by atoms with van der Waals surface area (Å²) in [5, 5.41) is 0. The third-order valence-electron chi connectivity index (χ3n) is 4.10. The van der Waals surface area contributed by atoms with Crippen molar-refractivity contribution >= 4 is 11.6 Å². The van der Waals surface area contributed by atoms with E-state index in [9.17, 15) is 9.59 Å². The number of hydrogen-bond acceptors (Lipinski definition) is 2. The highest BCUT2D eigenvalue weighted by molar-refractivity contribution is 6.13. The highest BCUT2D eigenvalue weighted by Gasteiger charge is 2.54. The van der Waals surface area contributed by atoms with Crippen LogP contribution in [0.1, 0.15) is 44.9 Å². The Hall–Kier alpha value is -0.920. The first-order valence-corrected chi connectivity index (χ1v) is 5.89. The summed E-state index contributed by atoms with van der Waals surface area (Å²) in [4.78, 5) is 24.0. The maximum atomic E-state index is 12.0. The van der Waals surface area contributed by atoms with Crippen LogP contribution in [0, 0.1) is 11.3 Å². The molecule has 82 valence electrons. The summed E-state index contributed by atoms with van der Waals surface area (Å²) in [7, 11) is 0. The van der Waals surface area contributed by atoms with Crippen LogP contribution in [0.15, 0.2) is 12.7 Å². The summed E-state index contributed by atoms with van der Waals surface area (Å²) in [5.74, 6) is 0.657. The average Bonchev–Trinajstić information content (AvgIpc) is 2.51. The van der Waals surface area contributed by atoms with Crippen LogP contribution in [-0.4, -0.2) is 11.6 Å². The van der Waals surface area contributed by atoms with Gasteiger partial charge in [0.05, 0.1) is 5.41 Å². The first-order chi connectivity index (χ1) is 7.21. The van der Waals surface area contributed by atoms with Crippen molar-refractivity contribution in [1.82, 2.24) is 0 Å². The number of ketones is 2. The Morgan fingerprint density at radius 3 is 2.53 bits per heavy atom. The molecule has 0 aromatic carbocycles. The van der Waals surface area contributed by atoms with Gasteiger partial charge in [0.1, 0.15) is 11.6 Å². The lowest BCUT2D eigenvalue weighted by Crippen LogP contribution is -2.42. The number of carbonyl (C=O) groups is 2. The summed E-state index contributed by atoms with van der Waals surface area (Å²) >= 11 is 0. The number of hydrogen-bond donors (Lipinski definition) is 0. The normalized spacial score (nSPS) is 29.7. The monoisotopic (exact) mass is 206 g/mol. The molecule has 2 nitrogen and oxygen atoms in total. The van der Waals surface area contributed by atoms with Crippen molar-refractivity contribution in [3.8, 4) is 0 Å². The molecular weight excluding hydrogens is 188 g/mol. The highest BCUT2D eigenvalue weighted by atomic mass is 16.2. The van der Waals surface area contributed by atoms with E-state index >= 15 is 0 Å². The maximum Gasteiger partial charge on any atom is 0.147 e. The number of carbonyl (C=O) groups excluding carboxylic acids is 2. The smallest absolute Gasteiger partial charge is 0.147 e. The van der Waals surface area contributed by atoms with Crippen molar-refractivity contribution in [1.29, 1.82) is 0 Å². The molecule has 1 unspecified atom stereocenters. The van der Waals surface area contributed by atoms with Crippen molar-refractivity contribution in [2.75, 3.05) is 0 Å². The van der Waals surface area contributed by atoms with Crippen LogP contribution in [0.3, 0.4) is 0 Å². The van der Waals surface area contributed by atoms with Gasteiger partial charge in [0.25, 0.3) is 0 Å². The van der Waals surface area contributed by atoms with E-state index in [0.717, 1.165) is 32.1 Å². The van der Waals surface area contributed by atoms with Crippen LogP contribution in [0.4, 0.5) is 0 Å². The molecule has 2 aliphatic carbocycles. The fraction of sp³-hybridized carbons (Fsp3) is 0.692. The van der Waals surface area contributed by atoms with E-state index in [1.807, 2.05) is 6.08 Å². The Bertz CT molecular complexity index is 288. The number of Topliss-reactive ketones (excluding diaryl/α,β-unsaturated/α-hetero) is 2. The van der Waals surface area contributed by atoms with Crippen LogP contribution in [0.5, 0.6) is 0 Å². The van der Waals surface area contributed by atoms with Gasteiger partial charge in [-0.05, 0) is 25.2 Å². The molecule has 0 N–H and O–H groups in total. The van der Waals surface area contributed by atoms with Gasteiger partial charge in [0, 0.05) is 12.8 Å². The molecule has 1 spiro atoms. The molecule has 0 aromatic heterocycles. The van der Waals surface area contributed by atoms with Crippen molar-refractivity contribution in [3.63, 3.8) is 0 Å². The molecule has 2 heteroatoms. The Labute approximate surface area is 90.7 Å². The summed E-state index contributed by atoms with van der Waals surface area (Å²) < 4.78 is 0. The molecule has 2 aliphatic rings. The number of rotatable bonds is 2. The number of allylic oxidation sites excluding steroid dienone is 1. The molecule has 2 rings (SSSR count). The summed E-state index contributed by atoms with van der Waals surface area (Å²) in [6.07, 6.45) is 7.63. The minimum atomic E-state index is -0.591. The molecule has 0 aromatic rings. The topological polar surface area (TPSA) is 34.1 Å². The lowest BCUT2D eigenvalue weighted by molar-refractivity contribution is -0.141. The average molecular weight is 206 g/mol. The second-order valence-corrected chi connectivity index (χ2v) is 4.78. The first-order valence-electron chi connectivity index (χ1n) is 5.89. The Morgan fingerprint density at radius 1 is 1.27 bits per heavy atom. The molecular formula is C13H18O2. The van der Waals surface area contributed by atoms with E-state index in [0.29, 0.717) is 12.8 Å². The molecule has 0 heterocycles. The molecule has 0 aliphatic heterocycles. The molecule has 15 heavy (non-hydrogen) atoms. The van der Waals surface area contributed by atoms with Gasteiger partial charge >= 0.3 is 0 Å².